The predicted octanol–water partition coefficient (Wildman–Crippen LogP) is -0.357. The van der Waals surface area contributed by atoms with Crippen LogP contribution in [0.4, 0.5) is 0 Å². The van der Waals surface area contributed by atoms with E-state index in [1.54, 1.807) is 30.4 Å². The molecule has 0 unspecified atom stereocenters. The van der Waals surface area contributed by atoms with Crippen LogP contribution < -0.4 is 12.4 Å². The van der Waals surface area contributed by atoms with Crippen LogP contribution in [0.3, 0.4) is 0 Å². The molecule has 0 radical (unpaired) electrons. The molecule has 0 aliphatic rings. The molecular weight excluding hydrogens is 262 g/mol. The molecule has 0 aliphatic carbocycles. The first kappa shape index (κ1) is 17.4. The number of carbonyl (C=O) groups is 1. The van der Waals surface area contributed by atoms with Gasteiger partial charge in [-0.1, -0.05) is 24.3 Å². The van der Waals surface area contributed by atoms with Gasteiger partial charge in [-0.2, -0.15) is 0 Å². The Morgan fingerprint density at radius 2 is 1.79 bits per heavy atom. The van der Waals surface area contributed by atoms with Gasteiger partial charge in [0.05, 0.1) is 5.56 Å². The highest BCUT2D eigenvalue weighted by Crippen LogP contribution is 2.17. The molecule has 1 rings (SSSR count). The van der Waals surface area contributed by atoms with Crippen LogP contribution in [0.1, 0.15) is 16.8 Å². The fraction of sp³-hybridized carbons (Fsp3) is 0.267. The third-order valence-electron chi connectivity index (χ3n) is 2.63. The molecule has 0 heterocycles. The van der Waals surface area contributed by atoms with Gasteiger partial charge in [-0.15, -0.1) is 13.2 Å². The molecule has 0 saturated heterocycles. The number of phenolic OH excluding ortho intramolecular Hbond substituents is 1. The number of para-hydroxylation sites is 1. The number of carbonyl (C=O) groups excluding carboxylic acids is 1. The van der Waals surface area contributed by atoms with Crippen molar-refractivity contribution in [3.63, 3.8) is 0 Å². The zero-order valence-corrected chi connectivity index (χ0v) is 11.6. The highest BCUT2D eigenvalue weighted by atomic mass is 35.5. The summed E-state index contributed by atoms with van der Waals surface area (Å²) in [6.07, 6.45) is 3.97. The van der Waals surface area contributed by atoms with Gasteiger partial charge in [-0.3, -0.25) is 9.69 Å². The lowest BCUT2D eigenvalue weighted by atomic mass is 10.1. The summed E-state index contributed by atoms with van der Waals surface area (Å²) in [6, 6.07) is 6.62. The first-order valence-corrected chi connectivity index (χ1v) is 5.94. The van der Waals surface area contributed by atoms with E-state index in [4.69, 9.17) is 0 Å². The van der Waals surface area contributed by atoms with E-state index in [0.717, 1.165) is 13.1 Å². The summed E-state index contributed by atoms with van der Waals surface area (Å²) in [5, 5.41) is 9.59. The molecule has 0 saturated carbocycles. The lowest BCUT2D eigenvalue weighted by Gasteiger charge is -2.18. The minimum atomic E-state index is -0.0498. The van der Waals surface area contributed by atoms with Gasteiger partial charge in [-0.25, -0.2) is 0 Å². The van der Waals surface area contributed by atoms with E-state index in [9.17, 15) is 9.90 Å². The van der Waals surface area contributed by atoms with E-state index in [0.29, 0.717) is 18.5 Å². The molecule has 104 valence electrons. The minimum absolute atomic E-state index is 0. The second kappa shape index (κ2) is 9.36. The van der Waals surface area contributed by atoms with Crippen molar-refractivity contribution in [2.75, 3.05) is 19.6 Å². The molecule has 0 aliphatic heterocycles. The predicted molar refractivity (Wildman–Crippen MR) is 73.9 cm³/mol. The normalized spacial score (nSPS) is 9.74. The Labute approximate surface area is 120 Å². The zero-order valence-electron chi connectivity index (χ0n) is 10.9. The quantitative estimate of drug-likeness (QED) is 0.522. The second-order valence-electron chi connectivity index (χ2n) is 4.03. The van der Waals surface area contributed by atoms with Gasteiger partial charge in [0.1, 0.15) is 5.75 Å². The van der Waals surface area contributed by atoms with Crippen LogP contribution in [-0.4, -0.2) is 35.4 Å². The van der Waals surface area contributed by atoms with Crippen molar-refractivity contribution in [3.8, 4) is 5.75 Å². The first-order valence-electron chi connectivity index (χ1n) is 5.94. The van der Waals surface area contributed by atoms with Crippen molar-refractivity contribution in [1.29, 1.82) is 0 Å². The Morgan fingerprint density at radius 1 is 1.21 bits per heavy atom. The van der Waals surface area contributed by atoms with Crippen molar-refractivity contribution in [2.24, 2.45) is 0 Å². The number of halogens is 1. The minimum Gasteiger partial charge on any atom is -1.00 e. The van der Waals surface area contributed by atoms with Gasteiger partial charge in [-0.05, 0) is 12.1 Å². The second-order valence-corrected chi connectivity index (χ2v) is 4.03. The fourth-order valence-electron chi connectivity index (χ4n) is 1.73. The number of ketones is 1. The Kier molecular flexibility index (Phi) is 8.58. The number of rotatable bonds is 8. The highest BCUT2D eigenvalue weighted by molar-refractivity contribution is 5.98. The van der Waals surface area contributed by atoms with E-state index >= 15 is 0 Å². The molecule has 3 nitrogen and oxygen atoms in total. The van der Waals surface area contributed by atoms with Crippen LogP contribution in [-0.2, 0) is 0 Å². The van der Waals surface area contributed by atoms with Crippen molar-refractivity contribution in [1.82, 2.24) is 4.90 Å². The van der Waals surface area contributed by atoms with Crippen LogP contribution in [0, 0.1) is 0 Å². The number of benzene rings is 1. The molecule has 4 heteroatoms. The van der Waals surface area contributed by atoms with E-state index in [1.807, 2.05) is 0 Å². The van der Waals surface area contributed by atoms with Gasteiger partial charge in [0.2, 0.25) is 0 Å². The summed E-state index contributed by atoms with van der Waals surface area (Å²) >= 11 is 0. The summed E-state index contributed by atoms with van der Waals surface area (Å²) in [5.74, 6) is -0.00674. The molecule has 0 spiro atoms. The SMILES string of the molecule is C=CCN(CC=C)CCC(=O)c1ccccc1O.[Cl-]. The molecule has 0 bridgehead atoms. The maximum absolute atomic E-state index is 11.9. The topological polar surface area (TPSA) is 40.5 Å². The standard InChI is InChI=1S/C15H19NO2.ClH/c1-3-10-16(11-4-2)12-9-15(18)13-7-5-6-8-14(13)17;/h3-8,17H,1-2,9-12H2;1H/p-1. The lowest BCUT2D eigenvalue weighted by Crippen LogP contribution is -3.00. The number of hydrogen-bond donors (Lipinski definition) is 1. The van der Waals surface area contributed by atoms with Gasteiger partial charge < -0.3 is 17.5 Å². The Hall–Kier alpha value is -1.58. The van der Waals surface area contributed by atoms with E-state index < -0.39 is 0 Å². The smallest absolute Gasteiger partial charge is 0.167 e. The maximum atomic E-state index is 11.9. The monoisotopic (exact) mass is 280 g/mol. The molecular formula is C15H19ClNO2-. The van der Waals surface area contributed by atoms with Crippen LogP contribution >= 0.6 is 0 Å². The fourth-order valence-corrected chi connectivity index (χ4v) is 1.73. The third kappa shape index (κ3) is 5.73. The number of aromatic hydroxyl groups is 1. The Bertz CT molecular complexity index is 422. The average molecular weight is 281 g/mol. The van der Waals surface area contributed by atoms with Crippen LogP contribution in [0.5, 0.6) is 5.75 Å². The van der Waals surface area contributed by atoms with Gasteiger partial charge in [0, 0.05) is 26.1 Å². The van der Waals surface area contributed by atoms with Crippen molar-refractivity contribution in [3.05, 3.63) is 55.1 Å². The summed E-state index contributed by atoms with van der Waals surface area (Å²) in [4.78, 5) is 14.0. The maximum Gasteiger partial charge on any atom is 0.167 e. The Balaban J connectivity index is 0.00000324. The largest absolute Gasteiger partial charge is 1.00 e. The van der Waals surface area contributed by atoms with Crippen LogP contribution in [0.2, 0.25) is 0 Å². The van der Waals surface area contributed by atoms with Crippen LogP contribution in [0.25, 0.3) is 0 Å². The highest BCUT2D eigenvalue weighted by Gasteiger charge is 2.11. The number of hydrogen-bond acceptors (Lipinski definition) is 3. The molecule has 0 amide bonds. The molecule has 0 aromatic heterocycles. The molecule has 1 N–H and O–H groups in total. The molecule has 1 aromatic rings. The third-order valence-corrected chi connectivity index (χ3v) is 2.63. The van der Waals surface area contributed by atoms with Crippen LogP contribution in [0.15, 0.2) is 49.6 Å². The van der Waals surface area contributed by atoms with Crippen molar-refractivity contribution >= 4 is 5.78 Å². The number of phenols is 1. The number of Topliss-reactive ketones (excluding diaryl/α,β-unsaturated/α-hetero) is 1. The molecule has 19 heavy (non-hydrogen) atoms. The number of nitrogens with zero attached hydrogens (tertiary/aromatic N) is 1. The molecule has 0 atom stereocenters. The summed E-state index contributed by atoms with van der Waals surface area (Å²) in [7, 11) is 0. The summed E-state index contributed by atoms with van der Waals surface area (Å²) in [6.45, 7) is 9.44. The van der Waals surface area contributed by atoms with Gasteiger partial charge >= 0.3 is 0 Å². The summed E-state index contributed by atoms with van der Waals surface area (Å²) in [5.41, 5.74) is 0.384. The molecule has 0 fully saturated rings. The summed E-state index contributed by atoms with van der Waals surface area (Å²) < 4.78 is 0. The van der Waals surface area contributed by atoms with Gasteiger partial charge in [0.25, 0.3) is 0 Å². The molecule has 1 aromatic carbocycles. The average Bonchev–Trinajstić information content (AvgIpc) is 2.36. The van der Waals surface area contributed by atoms with E-state index in [2.05, 4.69) is 18.1 Å². The Morgan fingerprint density at radius 3 is 2.32 bits per heavy atom. The van der Waals surface area contributed by atoms with Crippen molar-refractivity contribution < 1.29 is 22.3 Å². The zero-order chi connectivity index (χ0) is 13.4. The van der Waals surface area contributed by atoms with E-state index in [1.165, 1.54) is 6.07 Å². The first-order chi connectivity index (χ1) is 8.69. The van der Waals surface area contributed by atoms with E-state index in [-0.39, 0.29) is 23.9 Å². The lowest BCUT2D eigenvalue weighted by molar-refractivity contribution is -0.0000131. The van der Waals surface area contributed by atoms with Crippen molar-refractivity contribution in [2.45, 2.75) is 6.42 Å². The van der Waals surface area contributed by atoms with Gasteiger partial charge in [0.15, 0.2) is 5.78 Å².